The molecule has 2 atom stereocenters. The van der Waals surface area contributed by atoms with Crippen LogP contribution in [0.1, 0.15) is 49.9 Å². The minimum absolute atomic E-state index is 0.279. The Morgan fingerprint density at radius 2 is 1.76 bits per heavy atom. The van der Waals surface area contributed by atoms with Gasteiger partial charge in [-0.25, -0.2) is 0 Å². The molecule has 1 saturated heterocycles. The summed E-state index contributed by atoms with van der Waals surface area (Å²) in [5.41, 5.74) is 8.89. The maximum Gasteiger partial charge on any atom is 0.0544 e. The fourth-order valence-electron chi connectivity index (χ4n) is 3.83. The average molecular weight is 338 g/mol. The SMILES string of the molecule is N[C@@H](CCCCCc1ccccn1)[C@@H]1CCCN1Cc1ccccn1. The van der Waals surface area contributed by atoms with Gasteiger partial charge >= 0.3 is 0 Å². The molecule has 134 valence electrons. The topological polar surface area (TPSA) is 55.0 Å². The third-order valence-electron chi connectivity index (χ3n) is 5.20. The van der Waals surface area contributed by atoms with Crippen molar-refractivity contribution in [2.24, 2.45) is 5.73 Å². The molecule has 1 aliphatic rings. The standard InChI is InChI=1S/C21H30N4/c22-20(12-3-1-2-9-18-10-4-6-14-23-18)21-13-8-16-25(21)17-19-11-5-7-15-24-19/h4-7,10-11,14-15,20-21H,1-3,8-9,12-13,16-17,22H2/t20-,21-/m0/s1. The molecule has 1 aliphatic heterocycles. The lowest BCUT2D eigenvalue weighted by molar-refractivity contribution is 0.207. The summed E-state index contributed by atoms with van der Waals surface area (Å²) in [7, 11) is 0. The van der Waals surface area contributed by atoms with Crippen molar-refractivity contribution in [3.05, 3.63) is 60.2 Å². The molecule has 25 heavy (non-hydrogen) atoms. The normalized spacial score (nSPS) is 19.2. The molecule has 0 amide bonds. The third-order valence-corrected chi connectivity index (χ3v) is 5.20. The summed E-state index contributed by atoms with van der Waals surface area (Å²) in [6.07, 6.45) is 12.1. The molecule has 3 heterocycles. The Morgan fingerprint density at radius 1 is 1.00 bits per heavy atom. The van der Waals surface area contributed by atoms with E-state index in [1.165, 1.54) is 37.8 Å². The van der Waals surface area contributed by atoms with Gasteiger partial charge in [0.1, 0.15) is 0 Å². The molecule has 0 saturated carbocycles. The number of rotatable bonds is 9. The van der Waals surface area contributed by atoms with Crippen LogP contribution in [-0.2, 0) is 13.0 Å². The number of hydrogen-bond donors (Lipinski definition) is 1. The Bertz CT molecular complexity index is 602. The first-order chi connectivity index (χ1) is 12.3. The smallest absolute Gasteiger partial charge is 0.0544 e. The van der Waals surface area contributed by atoms with Crippen molar-refractivity contribution in [3.8, 4) is 0 Å². The summed E-state index contributed by atoms with van der Waals surface area (Å²) in [5, 5.41) is 0. The number of nitrogens with two attached hydrogens (primary N) is 1. The zero-order valence-electron chi connectivity index (χ0n) is 15.1. The molecule has 2 N–H and O–H groups in total. The predicted octanol–water partition coefficient (Wildman–Crippen LogP) is 3.57. The second-order valence-corrected chi connectivity index (χ2v) is 7.09. The lowest BCUT2D eigenvalue weighted by atomic mass is 9.99. The van der Waals surface area contributed by atoms with Gasteiger partial charge in [-0.1, -0.05) is 25.0 Å². The number of likely N-dealkylation sites (tertiary alicyclic amines) is 1. The Morgan fingerprint density at radius 3 is 2.48 bits per heavy atom. The Labute approximate surface area is 151 Å². The van der Waals surface area contributed by atoms with Crippen LogP contribution < -0.4 is 5.73 Å². The number of nitrogens with zero attached hydrogens (tertiary/aromatic N) is 3. The summed E-state index contributed by atoms with van der Waals surface area (Å²) in [4.78, 5) is 11.4. The molecule has 0 radical (unpaired) electrons. The minimum atomic E-state index is 0.279. The highest BCUT2D eigenvalue weighted by Gasteiger charge is 2.29. The van der Waals surface area contributed by atoms with Crippen molar-refractivity contribution in [3.63, 3.8) is 0 Å². The third kappa shape index (κ3) is 5.62. The molecular weight excluding hydrogens is 308 g/mol. The second-order valence-electron chi connectivity index (χ2n) is 7.09. The number of hydrogen-bond acceptors (Lipinski definition) is 4. The van der Waals surface area contributed by atoms with E-state index in [0.717, 1.165) is 31.6 Å². The van der Waals surface area contributed by atoms with Crippen LogP contribution in [0.15, 0.2) is 48.8 Å². The van der Waals surface area contributed by atoms with Crippen molar-refractivity contribution >= 4 is 0 Å². The van der Waals surface area contributed by atoms with E-state index < -0.39 is 0 Å². The van der Waals surface area contributed by atoms with Gasteiger partial charge in [0.05, 0.1) is 5.69 Å². The Balaban J connectivity index is 1.37. The molecule has 0 bridgehead atoms. The van der Waals surface area contributed by atoms with Crippen LogP contribution in [0.5, 0.6) is 0 Å². The maximum atomic E-state index is 6.54. The summed E-state index contributed by atoms with van der Waals surface area (Å²) < 4.78 is 0. The highest BCUT2D eigenvalue weighted by atomic mass is 15.2. The van der Waals surface area contributed by atoms with Gasteiger partial charge in [0.25, 0.3) is 0 Å². The monoisotopic (exact) mass is 338 g/mol. The summed E-state index contributed by atoms with van der Waals surface area (Å²) in [5.74, 6) is 0. The van der Waals surface area contributed by atoms with Crippen LogP contribution in [0.2, 0.25) is 0 Å². The predicted molar refractivity (Wildman–Crippen MR) is 102 cm³/mol. The van der Waals surface area contributed by atoms with E-state index in [2.05, 4.69) is 39.1 Å². The highest BCUT2D eigenvalue weighted by Crippen LogP contribution is 2.23. The minimum Gasteiger partial charge on any atom is -0.326 e. The molecule has 2 aromatic heterocycles. The van der Waals surface area contributed by atoms with Gasteiger partial charge in [-0.05, 0) is 62.9 Å². The van der Waals surface area contributed by atoms with E-state index in [4.69, 9.17) is 5.73 Å². The number of aromatic nitrogens is 2. The molecule has 2 aromatic rings. The van der Waals surface area contributed by atoms with E-state index in [-0.39, 0.29) is 6.04 Å². The van der Waals surface area contributed by atoms with Crippen LogP contribution in [0.25, 0.3) is 0 Å². The first kappa shape index (κ1) is 18.0. The fraction of sp³-hybridized carbons (Fsp3) is 0.524. The Kier molecular flexibility index (Phi) is 6.95. The van der Waals surface area contributed by atoms with Gasteiger partial charge in [-0.15, -0.1) is 0 Å². The summed E-state index contributed by atoms with van der Waals surface area (Å²) >= 11 is 0. The first-order valence-corrected chi connectivity index (χ1v) is 9.62. The number of pyridine rings is 2. The van der Waals surface area contributed by atoms with Crippen LogP contribution in [-0.4, -0.2) is 33.5 Å². The zero-order chi connectivity index (χ0) is 17.3. The molecule has 0 spiro atoms. The van der Waals surface area contributed by atoms with Crippen molar-refractivity contribution in [1.82, 2.24) is 14.9 Å². The van der Waals surface area contributed by atoms with Crippen molar-refractivity contribution in [1.29, 1.82) is 0 Å². The van der Waals surface area contributed by atoms with Gasteiger partial charge < -0.3 is 5.73 Å². The van der Waals surface area contributed by atoms with Crippen LogP contribution in [0.4, 0.5) is 0 Å². The second kappa shape index (κ2) is 9.64. The molecule has 4 heteroatoms. The van der Waals surface area contributed by atoms with E-state index in [9.17, 15) is 0 Å². The molecule has 3 rings (SSSR count). The van der Waals surface area contributed by atoms with Gasteiger partial charge in [0, 0.05) is 36.7 Å². The number of aryl methyl sites for hydroxylation is 1. The van der Waals surface area contributed by atoms with Crippen molar-refractivity contribution in [2.45, 2.75) is 63.6 Å². The number of unbranched alkanes of at least 4 members (excludes halogenated alkanes) is 2. The largest absolute Gasteiger partial charge is 0.326 e. The van der Waals surface area contributed by atoms with E-state index in [0.29, 0.717) is 6.04 Å². The molecule has 0 unspecified atom stereocenters. The van der Waals surface area contributed by atoms with Gasteiger partial charge in [-0.3, -0.25) is 14.9 Å². The highest BCUT2D eigenvalue weighted by molar-refractivity contribution is 5.05. The van der Waals surface area contributed by atoms with Crippen LogP contribution in [0, 0.1) is 0 Å². The molecular formula is C21H30N4. The van der Waals surface area contributed by atoms with E-state index in [1.807, 2.05) is 24.5 Å². The fourth-order valence-corrected chi connectivity index (χ4v) is 3.83. The average Bonchev–Trinajstić information content (AvgIpc) is 3.11. The van der Waals surface area contributed by atoms with Gasteiger partial charge in [0.15, 0.2) is 0 Å². The van der Waals surface area contributed by atoms with Gasteiger partial charge in [0.2, 0.25) is 0 Å². The maximum absolute atomic E-state index is 6.54. The molecule has 0 aliphatic carbocycles. The van der Waals surface area contributed by atoms with E-state index >= 15 is 0 Å². The van der Waals surface area contributed by atoms with Gasteiger partial charge in [-0.2, -0.15) is 0 Å². The lowest BCUT2D eigenvalue weighted by Crippen LogP contribution is -2.43. The first-order valence-electron chi connectivity index (χ1n) is 9.62. The van der Waals surface area contributed by atoms with Crippen molar-refractivity contribution < 1.29 is 0 Å². The van der Waals surface area contributed by atoms with Crippen LogP contribution in [0.3, 0.4) is 0 Å². The molecule has 1 fully saturated rings. The molecule has 4 nitrogen and oxygen atoms in total. The van der Waals surface area contributed by atoms with E-state index in [1.54, 1.807) is 0 Å². The lowest BCUT2D eigenvalue weighted by Gasteiger charge is -2.29. The summed E-state index contributed by atoms with van der Waals surface area (Å²) in [6, 6.07) is 13.1. The molecule has 0 aromatic carbocycles. The Hall–Kier alpha value is -1.78. The quantitative estimate of drug-likeness (QED) is 0.710. The summed E-state index contributed by atoms with van der Waals surface area (Å²) in [6.45, 7) is 2.08. The zero-order valence-corrected chi connectivity index (χ0v) is 15.1. The van der Waals surface area contributed by atoms with Crippen molar-refractivity contribution in [2.75, 3.05) is 6.54 Å². The van der Waals surface area contributed by atoms with Crippen LogP contribution >= 0.6 is 0 Å².